The van der Waals surface area contributed by atoms with Gasteiger partial charge in [-0.05, 0) is 70.3 Å². The van der Waals surface area contributed by atoms with E-state index in [1.54, 1.807) is 6.92 Å². The van der Waals surface area contributed by atoms with Crippen LogP contribution in [0.4, 0.5) is 0 Å². The van der Waals surface area contributed by atoms with E-state index in [1.165, 1.54) is 17.7 Å². The maximum atomic E-state index is 12.8. The average Bonchev–Trinajstić information content (AvgIpc) is 2.64. The van der Waals surface area contributed by atoms with Crippen LogP contribution in [-0.2, 0) is 14.4 Å². The molecule has 2 bridgehead atoms. The largest absolute Gasteiger partial charge is 0.319 e. The number of carbonyl (C=O) groups is 3. The molecule has 29 heavy (non-hydrogen) atoms. The molecule has 0 aromatic rings. The van der Waals surface area contributed by atoms with Crippen LogP contribution in [0.5, 0.6) is 0 Å². The molecule has 0 saturated carbocycles. The standard InChI is InChI=1S/C25H35NO3/c1-17-9-6-5-7-12-20(4)25(29)26-23-16-22(27)15-21(24(23)28)14-19(3)11-8-10-18(2)13-17/h12-13,15-16,18-19H,5-11,14H2,1-4H3,(H,26,29). The first-order valence-corrected chi connectivity index (χ1v) is 10.9. The molecule has 158 valence electrons. The highest BCUT2D eigenvalue weighted by molar-refractivity contribution is 6.21. The van der Waals surface area contributed by atoms with E-state index in [2.05, 4.69) is 32.2 Å². The second kappa shape index (κ2) is 11.1. The molecule has 0 aromatic heterocycles. The predicted molar refractivity (Wildman–Crippen MR) is 117 cm³/mol. The first-order valence-electron chi connectivity index (χ1n) is 10.9. The highest BCUT2D eigenvalue weighted by Crippen LogP contribution is 2.24. The summed E-state index contributed by atoms with van der Waals surface area (Å²) in [6.07, 6.45) is 14.8. The van der Waals surface area contributed by atoms with Crippen molar-refractivity contribution in [2.45, 2.75) is 79.1 Å². The normalized spacial score (nSPS) is 26.1. The van der Waals surface area contributed by atoms with E-state index in [-0.39, 0.29) is 23.2 Å². The van der Waals surface area contributed by atoms with Gasteiger partial charge in [-0.1, -0.05) is 44.4 Å². The van der Waals surface area contributed by atoms with E-state index >= 15 is 0 Å². The molecule has 2 rings (SSSR count). The van der Waals surface area contributed by atoms with Gasteiger partial charge in [0.25, 0.3) is 5.91 Å². The second-order valence-electron chi connectivity index (χ2n) is 8.78. The molecular weight excluding hydrogens is 362 g/mol. The molecular formula is C25H35NO3. The maximum absolute atomic E-state index is 12.8. The third kappa shape index (κ3) is 7.60. The summed E-state index contributed by atoms with van der Waals surface area (Å²) in [5, 5.41) is 2.65. The van der Waals surface area contributed by atoms with Crippen molar-refractivity contribution in [2.75, 3.05) is 0 Å². The second-order valence-corrected chi connectivity index (χ2v) is 8.78. The van der Waals surface area contributed by atoms with Crippen LogP contribution in [0.2, 0.25) is 0 Å². The Labute approximate surface area is 175 Å². The smallest absolute Gasteiger partial charge is 0.251 e. The summed E-state index contributed by atoms with van der Waals surface area (Å²) in [6.45, 7) is 8.34. The van der Waals surface area contributed by atoms with Gasteiger partial charge in [-0.25, -0.2) is 0 Å². The van der Waals surface area contributed by atoms with E-state index in [9.17, 15) is 14.4 Å². The number of fused-ring (bicyclic) bond motifs is 2. The molecule has 0 radical (unpaired) electrons. The molecule has 0 spiro atoms. The first kappa shape index (κ1) is 23.1. The zero-order valence-corrected chi connectivity index (χ0v) is 18.3. The monoisotopic (exact) mass is 397 g/mol. The Morgan fingerprint density at radius 1 is 0.966 bits per heavy atom. The molecule has 1 heterocycles. The summed E-state index contributed by atoms with van der Waals surface area (Å²) in [5.74, 6) is 0.0924. The first-order chi connectivity index (χ1) is 13.8. The third-order valence-corrected chi connectivity index (χ3v) is 5.72. The molecule has 1 aliphatic heterocycles. The number of hydrogen-bond acceptors (Lipinski definition) is 3. The zero-order valence-electron chi connectivity index (χ0n) is 18.3. The molecule has 0 fully saturated rings. The molecule has 2 unspecified atom stereocenters. The molecule has 2 aliphatic rings. The van der Waals surface area contributed by atoms with Crippen LogP contribution in [0.1, 0.15) is 79.1 Å². The molecule has 1 N–H and O–H groups in total. The van der Waals surface area contributed by atoms with E-state index < -0.39 is 0 Å². The minimum absolute atomic E-state index is 0.101. The van der Waals surface area contributed by atoms with Crippen molar-refractivity contribution >= 4 is 17.5 Å². The average molecular weight is 398 g/mol. The Morgan fingerprint density at radius 3 is 2.48 bits per heavy atom. The van der Waals surface area contributed by atoms with Crippen LogP contribution in [-0.4, -0.2) is 17.5 Å². The minimum Gasteiger partial charge on any atom is -0.319 e. The fraction of sp³-hybridized carbons (Fsp3) is 0.560. The summed E-state index contributed by atoms with van der Waals surface area (Å²) in [6, 6.07) is 0. The zero-order chi connectivity index (χ0) is 21.4. The topological polar surface area (TPSA) is 63.2 Å². The number of carbonyl (C=O) groups excluding carboxylic acids is 3. The Hall–Kier alpha value is -2.23. The number of amides is 1. The molecule has 0 aromatic carbocycles. The van der Waals surface area contributed by atoms with E-state index in [1.807, 2.05) is 6.08 Å². The summed E-state index contributed by atoms with van der Waals surface area (Å²) < 4.78 is 0. The lowest BCUT2D eigenvalue weighted by atomic mass is 9.88. The van der Waals surface area contributed by atoms with Gasteiger partial charge >= 0.3 is 0 Å². The van der Waals surface area contributed by atoms with Crippen molar-refractivity contribution in [1.82, 2.24) is 5.32 Å². The van der Waals surface area contributed by atoms with Crippen molar-refractivity contribution < 1.29 is 14.4 Å². The van der Waals surface area contributed by atoms with Gasteiger partial charge in [-0.15, -0.1) is 0 Å². The van der Waals surface area contributed by atoms with Gasteiger partial charge in [-0.2, -0.15) is 0 Å². The van der Waals surface area contributed by atoms with Crippen LogP contribution in [0.3, 0.4) is 0 Å². The van der Waals surface area contributed by atoms with Gasteiger partial charge in [0, 0.05) is 17.2 Å². The Balaban J connectivity index is 2.16. The fourth-order valence-electron chi connectivity index (χ4n) is 4.00. The Morgan fingerprint density at radius 2 is 1.72 bits per heavy atom. The summed E-state index contributed by atoms with van der Waals surface area (Å²) >= 11 is 0. The molecule has 0 saturated heterocycles. The van der Waals surface area contributed by atoms with Gasteiger partial charge in [0.1, 0.15) is 0 Å². The van der Waals surface area contributed by atoms with Crippen molar-refractivity contribution in [3.63, 3.8) is 0 Å². The van der Waals surface area contributed by atoms with Crippen molar-refractivity contribution in [2.24, 2.45) is 11.8 Å². The quantitative estimate of drug-likeness (QED) is 0.442. The number of rotatable bonds is 0. The Bertz CT molecular complexity index is 767. The molecule has 1 amide bonds. The van der Waals surface area contributed by atoms with Crippen LogP contribution in [0.25, 0.3) is 0 Å². The summed E-state index contributed by atoms with van der Waals surface area (Å²) in [4.78, 5) is 37.3. The highest BCUT2D eigenvalue weighted by Gasteiger charge is 2.24. The van der Waals surface area contributed by atoms with Crippen LogP contribution >= 0.6 is 0 Å². The minimum atomic E-state index is -0.311. The summed E-state index contributed by atoms with van der Waals surface area (Å²) in [5.41, 5.74) is 2.62. The third-order valence-electron chi connectivity index (χ3n) is 5.72. The van der Waals surface area contributed by atoms with Crippen LogP contribution in [0, 0.1) is 11.8 Å². The van der Waals surface area contributed by atoms with Crippen molar-refractivity contribution in [3.8, 4) is 0 Å². The fourth-order valence-corrected chi connectivity index (χ4v) is 4.00. The molecule has 2 atom stereocenters. The molecule has 4 heteroatoms. The number of nitrogens with one attached hydrogen (secondary N) is 1. The van der Waals surface area contributed by atoms with E-state index in [0.717, 1.165) is 44.9 Å². The van der Waals surface area contributed by atoms with Gasteiger partial charge in [-0.3, -0.25) is 14.4 Å². The lowest BCUT2D eigenvalue weighted by Gasteiger charge is -2.18. The Kier molecular flexibility index (Phi) is 8.81. The lowest BCUT2D eigenvalue weighted by Crippen LogP contribution is -2.31. The van der Waals surface area contributed by atoms with Crippen LogP contribution < -0.4 is 5.32 Å². The van der Waals surface area contributed by atoms with E-state index in [0.29, 0.717) is 29.4 Å². The number of hydrogen-bond donors (Lipinski definition) is 1. The van der Waals surface area contributed by atoms with Gasteiger partial charge in [0.05, 0.1) is 5.70 Å². The SMILES string of the molecule is CC1=CC(C)CCCC(C)CC2=CC(=O)C=C(NC(=O)C(C)=CCCCC1)C2=O. The predicted octanol–water partition coefficient (Wildman–Crippen LogP) is 5.36. The number of allylic oxidation sites excluding steroid dienone is 6. The van der Waals surface area contributed by atoms with Crippen LogP contribution in [0.15, 0.2) is 46.7 Å². The van der Waals surface area contributed by atoms with Crippen molar-refractivity contribution in [1.29, 1.82) is 0 Å². The highest BCUT2D eigenvalue weighted by atomic mass is 16.2. The van der Waals surface area contributed by atoms with Gasteiger partial charge in [0.15, 0.2) is 5.78 Å². The van der Waals surface area contributed by atoms with Gasteiger partial charge in [0.2, 0.25) is 5.78 Å². The maximum Gasteiger partial charge on any atom is 0.251 e. The lowest BCUT2D eigenvalue weighted by molar-refractivity contribution is -0.120. The van der Waals surface area contributed by atoms with Crippen molar-refractivity contribution in [3.05, 3.63) is 46.7 Å². The van der Waals surface area contributed by atoms with Gasteiger partial charge < -0.3 is 5.32 Å². The summed E-state index contributed by atoms with van der Waals surface area (Å²) in [7, 11) is 0. The number of Topliss-reactive ketones (excluding diaryl/α,β-unsaturated/α-hetero) is 1. The van der Waals surface area contributed by atoms with E-state index in [4.69, 9.17) is 0 Å². The number of ketones is 2. The molecule has 1 aliphatic carbocycles. The molecule has 4 nitrogen and oxygen atoms in total.